The molecule has 2 heteroatoms. The first-order valence-electron chi connectivity index (χ1n) is 6.26. The first kappa shape index (κ1) is 11.3. The third-order valence-electron chi connectivity index (χ3n) is 3.36. The highest BCUT2D eigenvalue weighted by atomic mass is 16.5. The van der Waals surface area contributed by atoms with Crippen LogP contribution in [0.5, 0.6) is 11.5 Å². The van der Waals surface area contributed by atoms with Gasteiger partial charge in [0.2, 0.25) is 0 Å². The smallest absolute Gasteiger partial charge is 0.131 e. The zero-order chi connectivity index (χ0) is 12.5. The van der Waals surface area contributed by atoms with Crippen molar-refractivity contribution in [3.8, 4) is 11.5 Å². The van der Waals surface area contributed by atoms with Crippen LogP contribution in [0.15, 0.2) is 48.5 Å². The van der Waals surface area contributed by atoms with Crippen molar-refractivity contribution in [1.29, 1.82) is 0 Å². The SMILES string of the molecule is CN(C)CC1c2ccccc2Oc2ccccc21. The first-order valence-corrected chi connectivity index (χ1v) is 6.26. The van der Waals surface area contributed by atoms with E-state index in [1.165, 1.54) is 11.1 Å². The topological polar surface area (TPSA) is 12.5 Å². The average molecular weight is 239 g/mol. The second-order valence-electron chi connectivity index (χ2n) is 4.99. The van der Waals surface area contributed by atoms with Gasteiger partial charge < -0.3 is 9.64 Å². The Morgan fingerprint density at radius 1 is 0.889 bits per heavy atom. The van der Waals surface area contributed by atoms with E-state index in [9.17, 15) is 0 Å². The van der Waals surface area contributed by atoms with Gasteiger partial charge >= 0.3 is 0 Å². The van der Waals surface area contributed by atoms with Gasteiger partial charge in [-0.2, -0.15) is 0 Å². The molecule has 92 valence electrons. The monoisotopic (exact) mass is 239 g/mol. The first-order chi connectivity index (χ1) is 8.75. The van der Waals surface area contributed by atoms with Gasteiger partial charge in [-0.15, -0.1) is 0 Å². The molecule has 0 aromatic heterocycles. The number of benzene rings is 2. The third-order valence-corrected chi connectivity index (χ3v) is 3.36. The molecule has 2 aromatic carbocycles. The number of rotatable bonds is 2. The zero-order valence-corrected chi connectivity index (χ0v) is 10.8. The summed E-state index contributed by atoms with van der Waals surface area (Å²) >= 11 is 0. The fourth-order valence-electron chi connectivity index (χ4n) is 2.57. The minimum absolute atomic E-state index is 0.390. The lowest BCUT2D eigenvalue weighted by Gasteiger charge is -2.30. The number of nitrogens with zero attached hydrogens (tertiary/aromatic N) is 1. The van der Waals surface area contributed by atoms with Crippen molar-refractivity contribution in [1.82, 2.24) is 4.90 Å². The van der Waals surface area contributed by atoms with Gasteiger partial charge in [0, 0.05) is 23.6 Å². The van der Waals surface area contributed by atoms with Crippen LogP contribution in [0, 0.1) is 0 Å². The van der Waals surface area contributed by atoms with Crippen LogP contribution in [0.2, 0.25) is 0 Å². The van der Waals surface area contributed by atoms with Crippen LogP contribution in [0.25, 0.3) is 0 Å². The Morgan fingerprint density at radius 3 is 1.89 bits per heavy atom. The summed E-state index contributed by atoms with van der Waals surface area (Å²) in [4.78, 5) is 2.23. The predicted octanol–water partition coefficient (Wildman–Crippen LogP) is 3.49. The fraction of sp³-hybridized carbons (Fsp3) is 0.250. The summed E-state index contributed by atoms with van der Waals surface area (Å²) in [6, 6.07) is 16.7. The van der Waals surface area contributed by atoms with Gasteiger partial charge in [-0.25, -0.2) is 0 Å². The maximum atomic E-state index is 5.97. The number of para-hydroxylation sites is 2. The Hall–Kier alpha value is -1.80. The van der Waals surface area contributed by atoms with E-state index in [2.05, 4.69) is 43.3 Å². The number of fused-ring (bicyclic) bond motifs is 2. The predicted molar refractivity (Wildman–Crippen MR) is 73.4 cm³/mol. The van der Waals surface area contributed by atoms with Crippen LogP contribution in [-0.4, -0.2) is 25.5 Å². The highest BCUT2D eigenvalue weighted by Gasteiger charge is 2.26. The molecule has 0 spiro atoms. The molecule has 0 unspecified atom stereocenters. The molecule has 1 heterocycles. The summed E-state index contributed by atoms with van der Waals surface area (Å²) in [5.74, 6) is 2.37. The summed E-state index contributed by atoms with van der Waals surface area (Å²) in [6.45, 7) is 0.997. The Kier molecular flexibility index (Phi) is 2.80. The van der Waals surface area contributed by atoms with Crippen molar-refractivity contribution in [3.05, 3.63) is 59.7 Å². The van der Waals surface area contributed by atoms with E-state index < -0.39 is 0 Å². The summed E-state index contributed by atoms with van der Waals surface area (Å²) in [5, 5.41) is 0. The molecule has 0 radical (unpaired) electrons. The van der Waals surface area contributed by atoms with Gasteiger partial charge in [0.15, 0.2) is 0 Å². The van der Waals surface area contributed by atoms with E-state index in [1.807, 2.05) is 24.3 Å². The van der Waals surface area contributed by atoms with Gasteiger partial charge in [-0.05, 0) is 26.2 Å². The normalized spacial score (nSPS) is 13.9. The number of ether oxygens (including phenoxy) is 1. The van der Waals surface area contributed by atoms with Crippen molar-refractivity contribution in [2.45, 2.75) is 5.92 Å². The molecule has 2 nitrogen and oxygen atoms in total. The van der Waals surface area contributed by atoms with Gasteiger partial charge in [0.25, 0.3) is 0 Å². The van der Waals surface area contributed by atoms with Crippen molar-refractivity contribution in [3.63, 3.8) is 0 Å². The van der Waals surface area contributed by atoms with E-state index in [1.54, 1.807) is 0 Å². The molecule has 0 aliphatic carbocycles. The van der Waals surface area contributed by atoms with Crippen LogP contribution >= 0.6 is 0 Å². The van der Waals surface area contributed by atoms with Crippen molar-refractivity contribution in [2.24, 2.45) is 0 Å². The molecule has 0 amide bonds. The minimum atomic E-state index is 0.390. The number of hydrogen-bond acceptors (Lipinski definition) is 2. The lowest BCUT2D eigenvalue weighted by molar-refractivity contribution is 0.368. The molecule has 0 fully saturated rings. The maximum absolute atomic E-state index is 5.97. The largest absolute Gasteiger partial charge is 0.457 e. The highest BCUT2D eigenvalue weighted by molar-refractivity contribution is 5.53. The molecule has 0 saturated heterocycles. The van der Waals surface area contributed by atoms with Gasteiger partial charge in [-0.3, -0.25) is 0 Å². The van der Waals surface area contributed by atoms with E-state index in [-0.39, 0.29) is 0 Å². The summed E-state index contributed by atoms with van der Waals surface area (Å²) in [5.41, 5.74) is 2.56. The molecular formula is C16H17NO. The Morgan fingerprint density at radius 2 is 1.39 bits per heavy atom. The zero-order valence-electron chi connectivity index (χ0n) is 10.8. The number of hydrogen-bond donors (Lipinski definition) is 0. The lowest BCUT2D eigenvalue weighted by atomic mass is 9.88. The van der Waals surface area contributed by atoms with Crippen LogP contribution in [0.3, 0.4) is 0 Å². The highest BCUT2D eigenvalue weighted by Crippen LogP contribution is 2.43. The average Bonchev–Trinajstić information content (AvgIpc) is 2.38. The molecule has 2 aromatic rings. The van der Waals surface area contributed by atoms with Crippen LogP contribution < -0.4 is 4.74 Å². The van der Waals surface area contributed by atoms with Gasteiger partial charge in [0.05, 0.1) is 0 Å². The van der Waals surface area contributed by atoms with Crippen LogP contribution in [0.4, 0.5) is 0 Å². The van der Waals surface area contributed by atoms with E-state index >= 15 is 0 Å². The standard InChI is InChI=1S/C16H17NO/c1-17(2)11-14-12-7-3-5-9-15(12)18-16-10-6-4-8-13(14)16/h3-10,14H,11H2,1-2H3. The molecule has 1 aliphatic rings. The third kappa shape index (κ3) is 1.89. The lowest BCUT2D eigenvalue weighted by Crippen LogP contribution is -2.23. The van der Waals surface area contributed by atoms with E-state index in [0.29, 0.717) is 5.92 Å². The quantitative estimate of drug-likeness (QED) is 0.795. The molecule has 0 saturated carbocycles. The summed E-state index contributed by atoms with van der Waals surface area (Å²) < 4.78 is 5.97. The van der Waals surface area contributed by atoms with Crippen molar-refractivity contribution < 1.29 is 4.74 Å². The Balaban J connectivity index is 2.11. The van der Waals surface area contributed by atoms with Crippen LogP contribution in [0.1, 0.15) is 17.0 Å². The molecular weight excluding hydrogens is 222 g/mol. The van der Waals surface area contributed by atoms with Crippen molar-refractivity contribution >= 4 is 0 Å². The molecule has 1 aliphatic heterocycles. The van der Waals surface area contributed by atoms with E-state index in [0.717, 1.165) is 18.0 Å². The van der Waals surface area contributed by atoms with Crippen LogP contribution in [-0.2, 0) is 0 Å². The fourth-order valence-corrected chi connectivity index (χ4v) is 2.57. The summed E-state index contributed by atoms with van der Waals surface area (Å²) in [6.07, 6.45) is 0. The Labute approximate surface area is 108 Å². The van der Waals surface area contributed by atoms with Crippen molar-refractivity contribution in [2.75, 3.05) is 20.6 Å². The van der Waals surface area contributed by atoms with E-state index in [4.69, 9.17) is 4.74 Å². The molecule has 0 bridgehead atoms. The minimum Gasteiger partial charge on any atom is -0.457 e. The van der Waals surface area contributed by atoms with Gasteiger partial charge in [0.1, 0.15) is 11.5 Å². The maximum Gasteiger partial charge on any atom is 0.131 e. The molecule has 0 N–H and O–H groups in total. The second-order valence-corrected chi connectivity index (χ2v) is 4.99. The van der Waals surface area contributed by atoms with Gasteiger partial charge in [-0.1, -0.05) is 36.4 Å². The molecule has 3 rings (SSSR count). The summed E-state index contributed by atoms with van der Waals surface area (Å²) in [7, 11) is 4.22. The number of likely N-dealkylation sites (N-methyl/N-ethyl adjacent to an activating group) is 1. The molecule has 0 atom stereocenters. The Bertz CT molecular complexity index is 517. The molecule has 18 heavy (non-hydrogen) atoms. The second kappa shape index (κ2) is 4.46.